The summed E-state index contributed by atoms with van der Waals surface area (Å²) in [6.07, 6.45) is 3.66. The first-order valence-corrected chi connectivity index (χ1v) is 5.26. The number of rotatable bonds is 1. The van der Waals surface area contributed by atoms with Crippen LogP contribution in [0.15, 0.2) is 18.2 Å². The molecule has 1 aliphatic rings. The number of amides is 1. The maximum Gasteiger partial charge on any atom is 0.224 e. The van der Waals surface area contributed by atoms with Crippen molar-refractivity contribution in [1.82, 2.24) is 0 Å². The third-order valence-corrected chi connectivity index (χ3v) is 2.69. The third-order valence-electron chi connectivity index (χ3n) is 2.69. The van der Waals surface area contributed by atoms with Crippen molar-refractivity contribution in [2.45, 2.75) is 25.7 Å². The number of nitrogens with one attached hydrogen (secondary N) is 1. The van der Waals surface area contributed by atoms with Crippen molar-refractivity contribution in [3.05, 3.63) is 23.8 Å². The maximum absolute atomic E-state index is 11.4. The minimum absolute atomic E-state index is 0.112. The van der Waals surface area contributed by atoms with Crippen molar-refractivity contribution in [3.8, 4) is 5.75 Å². The molecular weight excluding hydrogens is 190 g/mol. The highest BCUT2D eigenvalue weighted by Crippen LogP contribution is 2.25. The Morgan fingerprint density at radius 2 is 2.07 bits per heavy atom. The second-order valence-corrected chi connectivity index (χ2v) is 3.78. The summed E-state index contributed by atoms with van der Waals surface area (Å²) in [5.41, 5.74) is 2.10. The van der Waals surface area contributed by atoms with Crippen LogP contribution in [0, 0.1) is 0 Å². The lowest BCUT2D eigenvalue weighted by Crippen LogP contribution is -2.15. The van der Waals surface area contributed by atoms with E-state index in [0.717, 1.165) is 30.7 Å². The molecule has 0 aromatic heterocycles. The van der Waals surface area contributed by atoms with E-state index in [0.29, 0.717) is 6.42 Å². The monoisotopic (exact) mass is 205 g/mol. The van der Waals surface area contributed by atoms with Crippen LogP contribution < -0.4 is 10.1 Å². The Balaban J connectivity index is 2.31. The van der Waals surface area contributed by atoms with E-state index < -0.39 is 0 Å². The van der Waals surface area contributed by atoms with E-state index in [9.17, 15) is 4.79 Å². The second kappa shape index (κ2) is 4.34. The van der Waals surface area contributed by atoms with Gasteiger partial charge in [-0.1, -0.05) is 0 Å². The molecule has 1 aliphatic heterocycles. The van der Waals surface area contributed by atoms with Gasteiger partial charge in [-0.05, 0) is 43.0 Å². The van der Waals surface area contributed by atoms with E-state index in [4.69, 9.17) is 4.74 Å². The highest BCUT2D eigenvalue weighted by molar-refractivity contribution is 5.91. The molecule has 15 heavy (non-hydrogen) atoms. The zero-order valence-electron chi connectivity index (χ0n) is 8.88. The fraction of sp³-hybridized carbons (Fsp3) is 0.417. The van der Waals surface area contributed by atoms with E-state index >= 15 is 0 Å². The standard InChI is InChI=1S/C12H15NO2/c1-15-10-6-7-11-9(8-10)4-2-3-5-12(14)13-11/h6-8H,2-5H2,1H3,(H,13,14). The van der Waals surface area contributed by atoms with Gasteiger partial charge in [0.25, 0.3) is 0 Å². The lowest BCUT2D eigenvalue weighted by atomic mass is 10.0. The number of benzene rings is 1. The van der Waals surface area contributed by atoms with E-state index in [1.807, 2.05) is 18.2 Å². The van der Waals surface area contributed by atoms with Crippen LogP contribution in [-0.4, -0.2) is 13.0 Å². The number of carbonyl (C=O) groups is 1. The molecule has 1 N–H and O–H groups in total. The predicted molar refractivity (Wildman–Crippen MR) is 59.2 cm³/mol. The number of carbonyl (C=O) groups excluding carboxylic acids is 1. The van der Waals surface area contributed by atoms with Gasteiger partial charge in [0.15, 0.2) is 0 Å². The fourth-order valence-corrected chi connectivity index (χ4v) is 1.84. The van der Waals surface area contributed by atoms with Gasteiger partial charge in [-0.15, -0.1) is 0 Å². The molecule has 0 bridgehead atoms. The third kappa shape index (κ3) is 2.29. The molecule has 3 heteroatoms. The van der Waals surface area contributed by atoms with Crippen LogP contribution in [0.2, 0.25) is 0 Å². The number of hydrogen-bond donors (Lipinski definition) is 1. The van der Waals surface area contributed by atoms with Crippen molar-refractivity contribution in [1.29, 1.82) is 0 Å². The zero-order valence-corrected chi connectivity index (χ0v) is 8.88. The molecule has 0 saturated heterocycles. The first-order chi connectivity index (χ1) is 7.29. The van der Waals surface area contributed by atoms with E-state index in [1.165, 1.54) is 5.56 Å². The first-order valence-electron chi connectivity index (χ1n) is 5.26. The number of fused-ring (bicyclic) bond motifs is 1. The van der Waals surface area contributed by atoms with Crippen LogP contribution >= 0.6 is 0 Å². The molecular formula is C12H15NO2. The molecule has 0 unspecified atom stereocenters. The van der Waals surface area contributed by atoms with Gasteiger partial charge in [-0.3, -0.25) is 4.79 Å². The van der Waals surface area contributed by atoms with Gasteiger partial charge in [0.2, 0.25) is 5.91 Å². The quantitative estimate of drug-likeness (QED) is 0.764. The van der Waals surface area contributed by atoms with Crippen LogP contribution in [0.5, 0.6) is 5.75 Å². The highest BCUT2D eigenvalue weighted by atomic mass is 16.5. The lowest BCUT2D eigenvalue weighted by molar-refractivity contribution is -0.116. The van der Waals surface area contributed by atoms with Gasteiger partial charge in [0, 0.05) is 12.1 Å². The summed E-state index contributed by atoms with van der Waals surface area (Å²) in [5, 5.41) is 2.92. The highest BCUT2D eigenvalue weighted by Gasteiger charge is 2.11. The number of anilines is 1. The summed E-state index contributed by atoms with van der Waals surface area (Å²) < 4.78 is 5.17. The normalized spacial score (nSPS) is 15.9. The van der Waals surface area contributed by atoms with Gasteiger partial charge < -0.3 is 10.1 Å². The Hall–Kier alpha value is -1.51. The average molecular weight is 205 g/mol. The summed E-state index contributed by atoms with van der Waals surface area (Å²) in [6.45, 7) is 0. The minimum atomic E-state index is 0.112. The smallest absolute Gasteiger partial charge is 0.224 e. The Morgan fingerprint density at radius 1 is 1.27 bits per heavy atom. The molecule has 0 fully saturated rings. The summed E-state index contributed by atoms with van der Waals surface area (Å²) in [5.74, 6) is 0.963. The molecule has 1 heterocycles. The molecule has 1 aromatic rings. The molecule has 2 rings (SSSR count). The van der Waals surface area contributed by atoms with Crippen LogP contribution in [0.1, 0.15) is 24.8 Å². The Bertz CT molecular complexity index is 374. The molecule has 80 valence electrons. The molecule has 0 aliphatic carbocycles. The summed E-state index contributed by atoms with van der Waals surface area (Å²) in [6, 6.07) is 5.79. The summed E-state index contributed by atoms with van der Waals surface area (Å²) >= 11 is 0. The van der Waals surface area contributed by atoms with Crippen molar-refractivity contribution in [3.63, 3.8) is 0 Å². The zero-order chi connectivity index (χ0) is 10.7. The van der Waals surface area contributed by atoms with E-state index in [2.05, 4.69) is 5.32 Å². The van der Waals surface area contributed by atoms with Gasteiger partial charge >= 0.3 is 0 Å². The first kappa shape index (κ1) is 10.0. The van der Waals surface area contributed by atoms with Gasteiger partial charge in [-0.25, -0.2) is 0 Å². The molecule has 0 saturated carbocycles. The van der Waals surface area contributed by atoms with Crippen LogP contribution in [0.3, 0.4) is 0 Å². The largest absolute Gasteiger partial charge is 0.497 e. The number of hydrogen-bond acceptors (Lipinski definition) is 2. The SMILES string of the molecule is COc1ccc2c(c1)CCCCC(=O)N2. The molecule has 0 radical (unpaired) electrons. The molecule has 0 atom stereocenters. The molecule has 0 spiro atoms. The van der Waals surface area contributed by atoms with Gasteiger partial charge in [0.05, 0.1) is 7.11 Å². The van der Waals surface area contributed by atoms with Crippen molar-refractivity contribution in [2.24, 2.45) is 0 Å². The number of methoxy groups -OCH3 is 1. The second-order valence-electron chi connectivity index (χ2n) is 3.78. The average Bonchev–Trinajstić information content (AvgIpc) is 2.23. The van der Waals surface area contributed by atoms with Crippen LogP contribution in [0.4, 0.5) is 5.69 Å². The van der Waals surface area contributed by atoms with Crippen molar-refractivity contribution < 1.29 is 9.53 Å². The topological polar surface area (TPSA) is 38.3 Å². The Morgan fingerprint density at radius 3 is 2.87 bits per heavy atom. The van der Waals surface area contributed by atoms with E-state index in [1.54, 1.807) is 7.11 Å². The number of aryl methyl sites for hydroxylation is 1. The minimum Gasteiger partial charge on any atom is -0.497 e. The predicted octanol–water partition coefficient (Wildman–Crippen LogP) is 2.36. The van der Waals surface area contributed by atoms with Crippen LogP contribution in [-0.2, 0) is 11.2 Å². The molecule has 1 aromatic carbocycles. The van der Waals surface area contributed by atoms with Crippen molar-refractivity contribution in [2.75, 3.05) is 12.4 Å². The summed E-state index contributed by atoms with van der Waals surface area (Å²) in [4.78, 5) is 11.4. The Kier molecular flexibility index (Phi) is 2.90. The van der Waals surface area contributed by atoms with E-state index in [-0.39, 0.29) is 5.91 Å². The van der Waals surface area contributed by atoms with Crippen molar-refractivity contribution >= 4 is 11.6 Å². The number of ether oxygens (including phenoxy) is 1. The summed E-state index contributed by atoms with van der Waals surface area (Å²) in [7, 11) is 1.66. The Labute approximate surface area is 89.4 Å². The van der Waals surface area contributed by atoms with Gasteiger partial charge in [-0.2, -0.15) is 0 Å². The van der Waals surface area contributed by atoms with Gasteiger partial charge in [0.1, 0.15) is 5.75 Å². The molecule has 1 amide bonds. The fourth-order valence-electron chi connectivity index (χ4n) is 1.84. The lowest BCUT2D eigenvalue weighted by Gasteiger charge is -2.15. The van der Waals surface area contributed by atoms with Crippen LogP contribution in [0.25, 0.3) is 0 Å². The molecule has 3 nitrogen and oxygen atoms in total. The maximum atomic E-state index is 11.4.